The number of aromatic nitrogens is 2. The van der Waals surface area contributed by atoms with Crippen molar-refractivity contribution in [2.75, 3.05) is 18.9 Å². The van der Waals surface area contributed by atoms with Gasteiger partial charge in [-0.3, -0.25) is 4.79 Å². The number of anilines is 1. The lowest BCUT2D eigenvalue weighted by atomic mass is 9.92. The van der Waals surface area contributed by atoms with Crippen molar-refractivity contribution >= 4 is 11.6 Å². The van der Waals surface area contributed by atoms with E-state index in [-0.39, 0.29) is 24.0 Å². The van der Waals surface area contributed by atoms with Crippen LogP contribution in [0.1, 0.15) is 29.0 Å². The summed E-state index contributed by atoms with van der Waals surface area (Å²) in [6.07, 6.45) is 3.90. The second kappa shape index (κ2) is 7.57. The van der Waals surface area contributed by atoms with E-state index in [2.05, 4.69) is 15.3 Å². The van der Waals surface area contributed by atoms with Gasteiger partial charge >= 0.3 is 0 Å². The number of rotatable bonds is 4. The Bertz CT molecular complexity index is 738. The van der Waals surface area contributed by atoms with Crippen molar-refractivity contribution in [3.8, 4) is 0 Å². The maximum atomic E-state index is 14.0. The number of nitrogens with zero attached hydrogens (tertiary/aromatic N) is 3. The molecule has 0 bridgehead atoms. The van der Waals surface area contributed by atoms with Gasteiger partial charge in [0.1, 0.15) is 5.82 Å². The number of halogens is 1. The Morgan fingerprint density at radius 1 is 1.36 bits per heavy atom. The molecule has 6 nitrogen and oxygen atoms in total. The van der Waals surface area contributed by atoms with E-state index >= 15 is 0 Å². The summed E-state index contributed by atoms with van der Waals surface area (Å²) in [4.78, 5) is 22.5. The van der Waals surface area contributed by atoms with Gasteiger partial charge in [-0.1, -0.05) is 18.2 Å². The summed E-state index contributed by atoms with van der Waals surface area (Å²) in [5.74, 6) is -0.600. The Morgan fingerprint density at radius 2 is 2.08 bits per heavy atom. The third kappa shape index (κ3) is 3.76. The van der Waals surface area contributed by atoms with Crippen molar-refractivity contribution in [1.29, 1.82) is 0 Å². The third-order valence-corrected chi connectivity index (χ3v) is 4.52. The topological polar surface area (TPSA) is 78.4 Å². The van der Waals surface area contributed by atoms with Crippen LogP contribution >= 0.6 is 0 Å². The van der Waals surface area contributed by atoms with E-state index in [1.165, 1.54) is 18.5 Å². The highest BCUT2D eigenvalue weighted by Crippen LogP contribution is 2.24. The van der Waals surface area contributed by atoms with E-state index in [0.717, 1.165) is 0 Å². The Hall–Kier alpha value is -2.54. The van der Waals surface area contributed by atoms with Gasteiger partial charge in [-0.25, -0.2) is 14.4 Å². The SMILES string of the molecule is CNc1cnc(C(=O)N2CCC[C@H](O)[C@@H]2Cc2ccccc2F)nc1. The molecule has 0 aliphatic carbocycles. The maximum absolute atomic E-state index is 14.0. The molecule has 3 rings (SSSR count). The van der Waals surface area contributed by atoms with E-state index in [9.17, 15) is 14.3 Å². The van der Waals surface area contributed by atoms with E-state index in [4.69, 9.17) is 0 Å². The number of hydrogen-bond donors (Lipinski definition) is 2. The molecular formula is C18H21FN4O2. The van der Waals surface area contributed by atoms with E-state index in [1.807, 2.05) is 0 Å². The molecule has 0 spiro atoms. The van der Waals surface area contributed by atoms with E-state index < -0.39 is 12.1 Å². The zero-order chi connectivity index (χ0) is 17.8. The highest BCUT2D eigenvalue weighted by molar-refractivity contribution is 5.91. The minimum atomic E-state index is -0.700. The maximum Gasteiger partial charge on any atom is 0.292 e. The van der Waals surface area contributed by atoms with Crippen LogP contribution in [0.25, 0.3) is 0 Å². The minimum Gasteiger partial charge on any atom is -0.391 e. The van der Waals surface area contributed by atoms with Crippen LogP contribution in [0.5, 0.6) is 0 Å². The predicted molar refractivity (Wildman–Crippen MR) is 91.7 cm³/mol. The summed E-state index contributed by atoms with van der Waals surface area (Å²) < 4.78 is 14.0. The average Bonchev–Trinajstić information content (AvgIpc) is 2.64. The number of aliphatic hydroxyl groups is 1. The number of carbonyl (C=O) groups excluding carboxylic acids is 1. The normalized spacial score (nSPS) is 20.4. The molecule has 0 unspecified atom stereocenters. The molecule has 1 saturated heterocycles. The first-order chi connectivity index (χ1) is 12.1. The fraction of sp³-hybridized carbons (Fsp3) is 0.389. The van der Waals surface area contributed by atoms with Crippen molar-refractivity contribution in [2.45, 2.75) is 31.4 Å². The summed E-state index contributed by atoms with van der Waals surface area (Å²) in [6.45, 7) is 0.492. The van der Waals surface area contributed by atoms with E-state index in [1.54, 1.807) is 30.1 Å². The molecule has 1 aliphatic rings. The summed E-state index contributed by atoms with van der Waals surface area (Å²) >= 11 is 0. The van der Waals surface area contributed by atoms with Crippen LogP contribution in [-0.2, 0) is 6.42 Å². The monoisotopic (exact) mass is 344 g/mol. The molecule has 1 amide bonds. The largest absolute Gasteiger partial charge is 0.391 e. The van der Waals surface area contributed by atoms with Crippen LogP contribution in [-0.4, -0.2) is 51.6 Å². The van der Waals surface area contributed by atoms with Gasteiger partial charge in [0.15, 0.2) is 0 Å². The summed E-state index contributed by atoms with van der Waals surface area (Å²) in [7, 11) is 1.74. The molecular weight excluding hydrogens is 323 g/mol. The van der Waals surface area contributed by atoms with Crippen LogP contribution in [0.3, 0.4) is 0 Å². The molecule has 0 saturated carbocycles. The smallest absolute Gasteiger partial charge is 0.292 e. The summed E-state index contributed by atoms with van der Waals surface area (Å²) in [5, 5.41) is 13.3. The highest BCUT2D eigenvalue weighted by atomic mass is 19.1. The van der Waals surface area contributed by atoms with Crippen LogP contribution in [0.2, 0.25) is 0 Å². The number of amides is 1. The van der Waals surface area contributed by atoms with Crippen LogP contribution in [0, 0.1) is 5.82 Å². The van der Waals surface area contributed by atoms with Crippen LogP contribution in [0.15, 0.2) is 36.7 Å². The minimum absolute atomic E-state index is 0.0756. The van der Waals surface area contributed by atoms with Crippen molar-refractivity contribution in [2.24, 2.45) is 0 Å². The van der Waals surface area contributed by atoms with Crippen LogP contribution < -0.4 is 5.32 Å². The highest BCUT2D eigenvalue weighted by Gasteiger charge is 2.35. The second-order valence-electron chi connectivity index (χ2n) is 6.12. The zero-order valence-corrected chi connectivity index (χ0v) is 14.0. The third-order valence-electron chi connectivity index (χ3n) is 4.52. The average molecular weight is 344 g/mol. The Labute approximate surface area is 145 Å². The first-order valence-corrected chi connectivity index (χ1v) is 8.32. The first kappa shape index (κ1) is 17.3. The quantitative estimate of drug-likeness (QED) is 0.885. The van der Waals surface area contributed by atoms with Gasteiger partial charge in [0, 0.05) is 13.6 Å². The van der Waals surface area contributed by atoms with Gasteiger partial charge in [-0.2, -0.15) is 0 Å². The molecule has 0 radical (unpaired) electrons. The lowest BCUT2D eigenvalue weighted by Crippen LogP contribution is -2.52. The number of hydrogen-bond acceptors (Lipinski definition) is 5. The van der Waals surface area contributed by atoms with Crippen LogP contribution in [0.4, 0.5) is 10.1 Å². The van der Waals surface area contributed by atoms with Gasteiger partial charge < -0.3 is 15.3 Å². The number of aliphatic hydroxyl groups excluding tert-OH is 1. The predicted octanol–water partition coefficient (Wildman–Crippen LogP) is 1.87. The molecule has 1 fully saturated rings. The van der Waals surface area contributed by atoms with Crippen molar-refractivity contribution in [1.82, 2.24) is 14.9 Å². The number of nitrogens with one attached hydrogen (secondary N) is 1. The Balaban J connectivity index is 1.83. The molecule has 2 atom stereocenters. The fourth-order valence-corrected chi connectivity index (χ4v) is 3.12. The Kier molecular flexibility index (Phi) is 5.23. The van der Waals surface area contributed by atoms with Gasteiger partial charge in [0.05, 0.1) is 30.2 Å². The van der Waals surface area contributed by atoms with Gasteiger partial charge in [-0.05, 0) is 30.9 Å². The summed E-state index contributed by atoms with van der Waals surface area (Å²) in [5.41, 5.74) is 1.19. The molecule has 1 aromatic carbocycles. The van der Waals surface area contributed by atoms with Gasteiger partial charge in [0.2, 0.25) is 5.82 Å². The number of likely N-dealkylation sites (tertiary alicyclic amines) is 1. The van der Waals surface area contributed by atoms with E-state index in [0.29, 0.717) is 30.6 Å². The lowest BCUT2D eigenvalue weighted by Gasteiger charge is -2.38. The Morgan fingerprint density at radius 3 is 2.76 bits per heavy atom. The fourth-order valence-electron chi connectivity index (χ4n) is 3.12. The second-order valence-corrected chi connectivity index (χ2v) is 6.12. The van der Waals surface area contributed by atoms with Crippen molar-refractivity contribution < 1.29 is 14.3 Å². The summed E-state index contributed by atoms with van der Waals surface area (Å²) in [6, 6.07) is 5.94. The molecule has 25 heavy (non-hydrogen) atoms. The standard InChI is InChI=1S/C18H21FN4O2/c1-20-13-10-21-17(22-11-13)18(25)23-8-4-7-16(24)15(23)9-12-5-2-3-6-14(12)19/h2-3,5-6,10-11,15-16,20,24H,4,7-9H2,1H3/t15-,16-/m0/s1. The zero-order valence-electron chi connectivity index (χ0n) is 14.0. The number of carbonyl (C=O) groups is 1. The molecule has 1 aliphatic heterocycles. The first-order valence-electron chi connectivity index (χ1n) is 8.32. The number of piperidine rings is 1. The molecule has 2 aromatic rings. The molecule has 2 heterocycles. The molecule has 132 valence electrons. The number of benzene rings is 1. The molecule has 1 aromatic heterocycles. The van der Waals surface area contributed by atoms with Crippen molar-refractivity contribution in [3.05, 3.63) is 53.9 Å². The molecule has 7 heteroatoms. The van der Waals surface area contributed by atoms with Gasteiger partial charge in [-0.15, -0.1) is 0 Å². The van der Waals surface area contributed by atoms with Crippen molar-refractivity contribution in [3.63, 3.8) is 0 Å². The van der Waals surface area contributed by atoms with Gasteiger partial charge in [0.25, 0.3) is 5.91 Å². The molecule has 2 N–H and O–H groups in total. The lowest BCUT2D eigenvalue weighted by molar-refractivity contribution is 0.0108.